The van der Waals surface area contributed by atoms with Crippen molar-refractivity contribution >= 4 is 17.8 Å². The van der Waals surface area contributed by atoms with Crippen LogP contribution in [0.4, 0.5) is 0 Å². The molecule has 0 aromatic carbocycles. The van der Waals surface area contributed by atoms with Gasteiger partial charge in [-0.15, -0.1) is 0 Å². The Morgan fingerprint density at radius 2 is 1.96 bits per heavy atom. The predicted octanol–water partition coefficient (Wildman–Crippen LogP) is 0.288. The van der Waals surface area contributed by atoms with Crippen LogP contribution in [0.3, 0.4) is 0 Å². The van der Waals surface area contributed by atoms with Gasteiger partial charge in [-0.25, -0.2) is 0 Å². The highest BCUT2D eigenvalue weighted by Gasteiger charge is 2.30. The highest BCUT2D eigenvalue weighted by atomic mass is 16.5. The maximum atomic E-state index is 12.5. The second-order valence-corrected chi connectivity index (χ2v) is 7.39. The Balaban J connectivity index is 1.44. The third-order valence-electron chi connectivity index (χ3n) is 5.45. The zero-order chi connectivity index (χ0) is 19.1. The number of guanidine groups is 1. The first kappa shape index (κ1) is 19.9. The third kappa shape index (κ3) is 5.34. The van der Waals surface area contributed by atoms with E-state index in [1.807, 2.05) is 9.80 Å². The number of rotatable bonds is 6. The molecule has 0 spiro atoms. The number of aliphatic imine (C=N–C) groups is 1. The minimum Gasteiger partial charge on any atom is -0.368 e. The quantitative estimate of drug-likeness (QED) is 0.408. The van der Waals surface area contributed by atoms with E-state index in [1.54, 1.807) is 0 Å². The summed E-state index contributed by atoms with van der Waals surface area (Å²) in [4.78, 5) is 35.0. The summed E-state index contributed by atoms with van der Waals surface area (Å²) in [5.74, 6) is 1.33. The lowest BCUT2D eigenvalue weighted by Crippen LogP contribution is -2.55. The standard InChI is InChI=1S/C19H33N5O3/c1-2-20-19(21-8-5-10-22-9-3-7-17(22)25)24-13-11-23(12-14-24)18(26)16-6-4-15-27-16/h16H,2-15H2,1H3,(H,20,21). The summed E-state index contributed by atoms with van der Waals surface area (Å²) >= 11 is 0. The van der Waals surface area contributed by atoms with E-state index in [-0.39, 0.29) is 17.9 Å². The van der Waals surface area contributed by atoms with E-state index >= 15 is 0 Å². The first-order valence-corrected chi connectivity index (χ1v) is 10.4. The Labute approximate surface area is 161 Å². The van der Waals surface area contributed by atoms with Gasteiger partial charge in [-0.1, -0.05) is 0 Å². The highest BCUT2D eigenvalue weighted by Crippen LogP contribution is 2.16. The lowest BCUT2D eigenvalue weighted by Gasteiger charge is -2.37. The van der Waals surface area contributed by atoms with Crippen molar-refractivity contribution < 1.29 is 14.3 Å². The van der Waals surface area contributed by atoms with Gasteiger partial charge < -0.3 is 24.8 Å². The predicted molar refractivity (Wildman–Crippen MR) is 104 cm³/mol. The normalized spacial score (nSPS) is 24.0. The molecule has 0 aromatic rings. The van der Waals surface area contributed by atoms with E-state index in [4.69, 9.17) is 9.73 Å². The zero-order valence-corrected chi connectivity index (χ0v) is 16.5. The van der Waals surface area contributed by atoms with E-state index in [0.717, 1.165) is 64.4 Å². The molecule has 0 radical (unpaired) electrons. The summed E-state index contributed by atoms with van der Waals surface area (Å²) in [6, 6.07) is 0. The molecular weight excluding hydrogens is 346 g/mol. The number of ether oxygens (including phenoxy) is 1. The summed E-state index contributed by atoms with van der Waals surface area (Å²) < 4.78 is 5.53. The van der Waals surface area contributed by atoms with Crippen molar-refractivity contribution in [1.82, 2.24) is 20.0 Å². The minimum absolute atomic E-state index is 0.143. The van der Waals surface area contributed by atoms with Crippen LogP contribution in [0.2, 0.25) is 0 Å². The van der Waals surface area contributed by atoms with Crippen LogP contribution in [-0.4, -0.2) is 97.5 Å². The average molecular weight is 380 g/mol. The fourth-order valence-electron chi connectivity index (χ4n) is 3.93. The summed E-state index contributed by atoms with van der Waals surface area (Å²) in [6.07, 6.45) is 4.17. The van der Waals surface area contributed by atoms with Crippen LogP contribution in [0.5, 0.6) is 0 Å². The monoisotopic (exact) mass is 379 g/mol. The number of hydrogen-bond donors (Lipinski definition) is 1. The molecule has 1 atom stereocenters. The fraction of sp³-hybridized carbons (Fsp3) is 0.842. The number of likely N-dealkylation sites (tertiary alicyclic amines) is 1. The van der Waals surface area contributed by atoms with E-state index in [1.165, 1.54) is 0 Å². The maximum Gasteiger partial charge on any atom is 0.251 e. The molecule has 3 heterocycles. The molecule has 27 heavy (non-hydrogen) atoms. The molecule has 0 aromatic heterocycles. The molecule has 3 rings (SSSR count). The molecule has 0 bridgehead atoms. The van der Waals surface area contributed by atoms with Gasteiger partial charge in [-0.05, 0) is 32.6 Å². The van der Waals surface area contributed by atoms with Gasteiger partial charge in [0, 0.05) is 65.4 Å². The van der Waals surface area contributed by atoms with Crippen LogP contribution in [0, 0.1) is 0 Å². The summed E-state index contributed by atoms with van der Waals surface area (Å²) in [6.45, 7) is 8.99. The van der Waals surface area contributed by atoms with Crippen molar-refractivity contribution in [2.45, 2.75) is 45.1 Å². The van der Waals surface area contributed by atoms with Crippen LogP contribution < -0.4 is 5.32 Å². The number of piperazine rings is 1. The van der Waals surface area contributed by atoms with E-state index in [9.17, 15) is 9.59 Å². The largest absolute Gasteiger partial charge is 0.368 e. The zero-order valence-electron chi connectivity index (χ0n) is 16.5. The van der Waals surface area contributed by atoms with Gasteiger partial charge >= 0.3 is 0 Å². The van der Waals surface area contributed by atoms with Crippen molar-refractivity contribution in [3.63, 3.8) is 0 Å². The first-order chi connectivity index (χ1) is 13.2. The smallest absolute Gasteiger partial charge is 0.251 e. The van der Waals surface area contributed by atoms with Crippen LogP contribution >= 0.6 is 0 Å². The molecule has 3 aliphatic heterocycles. The number of nitrogens with zero attached hydrogens (tertiary/aromatic N) is 4. The lowest BCUT2D eigenvalue weighted by molar-refractivity contribution is -0.142. The van der Waals surface area contributed by atoms with Gasteiger partial charge in [0.25, 0.3) is 5.91 Å². The number of hydrogen-bond acceptors (Lipinski definition) is 4. The van der Waals surface area contributed by atoms with E-state index < -0.39 is 0 Å². The summed E-state index contributed by atoms with van der Waals surface area (Å²) in [5.41, 5.74) is 0. The Kier molecular flexibility index (Phi) is 7.32. The van der Waals surface area contributed by atoms with Crippen molar-refractivity contribution in [3.8, 4) is 0 Å². The number of carbonyl (C=O) groups is 2. The molecular formula is C19H33N5O3. The molecule has 1 unspecified atom stereocenters. The number of nitrogens with one attached hydrogen (secondary N) is 1. The molecule has 0 aliphatic carbocycles. The van der Waals surface area contributed by atoms with Crippen molar-refractivity contribution in [1.29, 1.82) is 0 Å². The molecule has 3 aliphatic rings. The third-order valence-corrected chi connectivity index (χ3v) is 5.45. The van der Waals surface area contributed by atoms with Crippen LogP contribution in [0.15, 0.2) is 4.99 Å². The summed E-state index contributed by atoms with van der Waals surface area (Å²) in [5, 5.41) is 3.36. The highest BCUT2D eigenvalue weighted by molar-refractivity contribution is 5.83. The molecule has 8 nitrogen and oxygen atoms in total. The Hall–Kier alpha value is -1.83. The van der Waals surface area contributed by atoms with Crippen LogP contribution in [0.25, 0.3) is 0 Å². The molecule has 3 saturated heterocycles. The minimum atomic E-state index is -0.230. The van der Waals surface area contributed by atoms with Crippen molar-refractivity contribution in [3.05, 3.63) is 0 Å². The second-order valence-electron chi connectivity index (χ2n) is 7.39. The number of carbonyl (C=O) groups excluding carboxylic acids is 2. The fourth-order valence-corrected chi connectivity index (χ4v) is 3.93. The number of amides is 2. The van der Waals surface area contributed by atoms with Crippen molar-refractivity contribution in [2.75, 3.05) is 59.0 Å². The van der Waals surface area contributed by atoms with Gasteiger partial charge in [0.15, 0.2) is 5.96 Å². The molecule has 152 valence electrons. The molecule has 0 saturated carbocycles. The second kappa shape index (κ2) is 9.92. The van der Waals surface area contributed by atoms with Crippen LogP contribution in [-0.2, 0) is 14.3 Å². The van der Waals surface area contributed by atoms with Gasteiger partial charge in [0.05, 0.1) is 0 Å². The van der Waals surface area contributed by atoms with Gasteiger partial charge in [-0.3, -0.25) is 14.6 Å². The SMILES string of the molecule is CCNC(=NCCCN1CCCC1=O)N1CCN(C(=O)C2CCCO2)CC1. The average Bonchev–Trinajstić information content (AvgIpc) is 3.36. The molecule has 3 fully saturated rings. The van der Waals surface area contributed by atoms with E-state index in [0.29, 0.717) is 32.7 Å². The van der Waals surface area contributed by atoms with Gasteiger partial charge in [0.1, 0.15) is 6.10 Å². The van der Waals surface area contributed by atoms with Crippen LogP contribution in [0.1, 0.15) is 39.0 Å². The molecule has 1 N–H and O–H groups in total. The maximum absolute atomic E-state index is 12.5. The first-order valence-electron chi connectivity index (χ1n) is 10.4. The Bertz CT molecular complexity index is 539. The molecule has 2 amide bonds. The lowest BCUT2D eigenvalue weighted by atomic mass is 10.2. The Morgan fingerprint density at radius 3 is 2.59 bits per heavy atom. The molecule has 8 heteroatoms. The summed E-state index contributed by atoms with van der Waals surface area (Å²) in [7, 11) is 0. The van der Waals surface area contributed by atoms with Gasteiger partial charge in [-0.2, -0.15) is 0 Å². The van der Waals surface area contributed by atoms with Gasteiger partial charge in [0.2, 0.25) is 5.91 Å². The Morgan fingerprint density at radius 1 is 1.19 bits per heavy atom. The topological polar surface area (TPSA) is 77.5 Å². The van der Waals surface area contributed by atoms with E-state index in [2.05, 4.69) is 17.1 Å². The van der Waals surface area contributed by atoms with Crippen molar-refractivity contribution in [2.24, 2.45) is 4.99 Å².